The summed E-state index contributed by atoms with van der Waals surface area (Å²) in [6.45, 7) is 8.32. The third-order valence-corrected chi connectivity index (χ3v) is 4.69. The lowest BCUT2D eigenvalue weighted by molar-refractivity contribution is -0.145. The second-order valence-corrected chi connectivity index (χ2v) is 9.01. The molecule has 11 heteroatoms. The number of nitrogens with one attached hydrogen (secondary N) is 2. The van der Waals surface area contributed by atoms with Gasteiger partial charge in [0.15, 0.2) is 0 Å². The Labute approximate surface area is 205 Å². The van der Waals surface area contributed by atoms with Crippen molar-refractivity contribution in [2.24, 2.45) is 5.73 Å². The Balaban J connectivity index is 3.41. The summed E-state index contributed by atoms with van der Waals surface area (Å²) in [6, 6.07) is 4.47. The average Bonchev–Trinajstić information content (AvgIpc) is 2.74. The van der Waals surface area contributed by atoms with Crippen LogP contribution in [-0.4, -0.2) is 66.5 Å². The van der Waals surface area contributed by atoms with Crippen LogP contribution in [0, 0.1) is 6.92 Å². The number of hydrogen-bond donors (Lipinski definition) is 3. The number of carbonyl (C=O) groups excluding carboxylic acids is 5. The summed E-state index contributed by atoms with van der Waals surface area (Å²) in [4.78, 5) is 63.8. The van der Waals surface area contributed by atoms with Crippen molar-refractivity contribution in [2.45, 2.75) is 65.1 Å². The topological polar surface area (TPSA) is 157 Å². The van der Waals surface area contributed by atoms with Crippen LogP contribution < -0.4 is 16.4 Å². The van der Waals surface area contributed by atoms with E-state index in [1.807, 2.05) is 19.9 Å². The molecule has 0 aliphatic carbocycles. The first-order chi connectivity index (χ1) is 16.3. The molecule has 2 unspecified atom stereocenters. The maximum atomic E-state index is 13.6. The summed E-state index contributed by atoms with van der Waals surface area (Å²) in [5, 5.41) is 4.89. The van der Waals surface area contributed by atoms with Crippen molar-refractivity contribution in [1.29, 1.82) is 0 Å². The number of alkyl carbamates (subject to hydrolysis) is 1. The van der Waals surface area contributed by atoms with Gasteiger partial charge in [-0.25, -0.2) is 4.79 Å². The minimum absolute atomic E-state index is 0.119. The summed E-state index contributed by atoms with van der Waals surface area (Å²) in [5.74, 6) is -2.81. The summed E-state index contributed by atoms with van der Waals surface area (Å²) in [7, 11) is 1.19. The van der Waals surface area contributed by atoms with Crippen LogP contribution in [0.5, 0.6) is 0 Å². The van der Waals surface area contributed by atoms with E-state index in [4.69, 9.17) is 10.5 Å². The van der Waals surface area contributed by atoms with Gasteiger partial charge in [-0.05, 0) is 39.7 Å². The van der Waals surface area contributed by atoms with E-state index in [1.54, 1.807) is 39.0 Å². The van der Waals surface area contributed by atoms with Gasteiger partial charge in [-0.2, -0.15) is 0 Å². The lowest BCUT2D eigenvalue weighted by Gasteiger charge is -2.34. The zero-order chi connectivity index (χ0) is 26.8. The van der Waals surface area contributed by atoms with E-state index in [-0.39, 0.29) is 6.54 Å². The maximum Gasteiger partial charge on any atom is 0.408 e. The van der Waals surface area contributed by atoms with Crippen LogP contribution in [0.2, 0.25) is 0 Å². The Kier molecular flexibility index (Phi) is 11.2. The number of hydrogen-bond acceptors (Lipinski definition) is 7. The summed E-state index contributed by atoms with van der Waals surface area (Å²) in [5.41, 5.74) is 5.83. The van der Waals surface area contributed by atoms with Crippen molar-refractivity contribution in [3.8, 4) is 0 Å². The van der Waals surface area contributed by atoms with E-state index >= 15 is 0 Å². The number of primary amides is 1. The Morgan fingerprint density at radius 3 is 2.31 bits per heavy atom. The van der Waals surface area contributed by atoms with E-state index in [9.17, 15) is 24.0 Å². The molecule has 4 amide bonds. The first kappa shape index (κ1) is 29.4. The van der Waals surface area contributed by atoms with Crippen LogP contribution in [0.3, 0.4) is 0 Å². The molecule has 0 bridgehead atoms. The van der Waals surface area contributed by atoms with Gasteiger partial charge in [0.2, 0.25) is 17.7 Å². The highest BCUT2D eigenvalue weighted by Gasteiger charge is 2.36. The van der Waals surface area contributed by atoms with E-state index < -0.39 is 60.4 Å². The van der Waals surface area contributed by atoms with Crippen molar-refractivity contribution in [3.63, 3.8) is 0 Å². The summed E-state index contributed by atoms with van der Waals surface area (Å²) < 4.78 is 9.80. The fraction of sp³-hybridized carbons (Fsp3) is 0.542. The smallest absolute Gasteiger partial charge is 0.408 e. The number of nitrogens with two attached hydrogens (primary N) is 1. The van der Waals surface area contributed by atoms with E-state index in [1.165, 1.54) is 12.0 Å². The number of rotatable bonds is 11. The molecular formula is C24H36N4O7. The standard InChI is InChI=1S/C24H36N4O7/c1-7-11-28(22(32)17(13-18(25)29)27-23(33)35-24(3,4)5)20(16-10-8-9-15(2)12-16)21(31)26-14-19(30)34-6/h8-10,12,17,20H,7,11,13-14H2,1-6H3,(H2,25,29)(H,26,31)(H,27,33). The van der Waals surface area contributed by atoms with Crippen LogP contribution in [0.1, 0.15) is 57.7 Å². The SMILES string of the molecule is CCCN(C(=O)C(CC(N)=O)NC(=O)OC(C)(C)C)C(C(=O)NCC(=O)OC)c1cccc(C)c1. The van der Waals surface area contributed by atoms with Crippen LogP contribution in [0.15, 0.2) is 24.3 Å². The maximum absolute atomic E-state index is 13.6. The molecule has 1 aromatic carbocycles. The van der Waals surface area contributed by atoms with Crippen LogP contribution in [-0.2, 0) is 28.7 Å². The molecule has 0 radical (unpaired) electrons. The number of methoxy groups -OCH3 is 1. The molecule has 0 saturated carbocycles. The molecule has 2 atom stereocenters. The molecule has 0 saturated heterocycles. The minimum Gasteiger partial charge on any atom is -0.468 e. The van der Waals surface area contributed by atoms with Crippen molar-refractivity contribution < 1.29 is 33.4 Å². The molecule has 1 rings (SSSR count). The van der Waals surface area contributed by atoms with Crippen molar-refractivity contribution in [3.05, 3.63) is 35.4 Å². The molecule has 0 fully saturated rings. The average molecular weight is 493 g/mol. The van der Waals surface area contributed by atoms with Crippen molar-refractivity contribution in [2.75, 3.05) is 20.2 Å². The van der Waals surface area contributed by atoms with Gasteiger partial charge in [-0.1, -0.05) is 36.8 Å². The third kappa shape index (κ3) is 10.0. The molecule has 0 spiro atoms. The predicted molar refractivity (Wildman–Crippen MR) is 128 cm³/mol. The Bertz CT molecular complexity index is 927. The third-order valence-electron chi connectivity index (χ3n) is 4.69. The van der Waals surface area contributed by atoms with E-state index in [2.05, 4.69) is 15.4 Å². The van der Waals surface area contributed by atoms with E-state index in [0.29, 0.717) is 12.0 Å². The fourth-order valence-corrected chi connectivity index (χ4v) is 3.30. The van der Waals surface area contributed by atoms with Gasteiger partial charge >= 0.3 is 12.1 Å². The Morgan fingerprint density at radius 1 is 1.14 bits per heavy atom. The van der Waals surface area contributed by atoms with Gasteiger partial charge in [0, 0.05) is 6.54 Å². The molecule has 0 aliphatic rings. The highest BCUT2D eigenvalue weighted by molar-refractivity contribution is 5.95. The largest absolute Gasteiger partial charge is 0.468 e. The van der Waals surface area contributed by atoms with Gasteiger partial charge in [-0.3, -0.25) is 19.2 Å². The number of esters is 1. The molecular weight excluding hydrogens is 456 g/mol. The highest BCUT2D eigenvalue weighted by Crippen LogP contribution is 2.24. The lowest BCUT2D eigenvalue weighted by atomic mass is 10.00. The highest BCUT2D eigenvalue weighted by atomic mass is 16.6. The molecule has 35 heavy (non-hydrogen) atoms. The summed E-state index contributed by atoms with van der Waals surface area (Å²) in [6.07, 6.45) is -0.938. The van der Waals surface area contributed by atoms with Gasteiger partial charge in [0.1, 0.15) is 24.2 Å². The Morgan fingerprint density at radius 2 is 1.80 bits per heavy atom. The quantitative estimate of drug-likeness (QED) is 0.393. The molecule has 194 valence electrons. The Hall–Kier alpha value is -3.63. The minimum atomic E-state index is -1.37. The predicted octanol–water partition coefficient (Wildman–Crippen LogP) is 1.33. The van der Waals surface area contributed by atoms with Gasteiger partial charge < -0.3 is 30.7 Å². The number of nitrogens with zero attached hydrogens (tertiary/aromatic N) is 1. The van der Waals surface area contributed by atoms with Crippen LogP contribution >= 0.6 is 0 Å². The van der Waals surface area contributed by atoms with Crippen molar-refractivity contribution >= 4 is 29.8 Å². The van der Waals surface area contributed by atoms with Gasteiger partial charge in [0.25, 0.3) is 0 Å². The second kappa shape index (κ2) is 13.3. The number of ether oxygens (including phenoxy) is 2. The normalized spacial score (nSPS) is 12.6. The number of benzene rings is 1. The number of carbonyl (C=O) groups is 5. The number of aryl methyl sites for hydroxylation is 1. The molecule has 4 N–H and O–H groups in total. The molecule has 0 heterocycles. The molecule has 0 aromatic heterocycles. The van der Waals surface area contributed by atoms with Crippen LogP contribution in [0.25, 0.3) is 0 Å². The second-order valence-electron chi connectivity index (χ2n) is 9.01. The first-order valence-electron chi connectivity index (χ1n) is 11.3. The van der Waals surface area contributed by atoms with E-state index in [0.717, 1.165) is 5.56 Å². The van der Waals surface area contributed by atoms with Gasteiger partial charge in [0.05, 0.1) is 13.5 Å². The summed E-state index contributed by atoms with van der Waals surface area (Å²) >= 11 is 0. The first-order valence-corrected chi connectivity index (χ1v) is 11.3. The zero-order valence-corrected chi connectivity index (χ0v) is 21.2. The van der Waals surface area contributed by atoms with Crippen LogP contribution in [0.4, 0.5) is 4.79 Å². The zero-order valence-electron chi connectivity index (χ0n) is 21.2. The van der Waals surface area contributed by atoms with Crippen molar-refractivity contribution in [1.82, 2.24) is 15.5 Å². The molecule has 0 aliphatic heterocycles. The molecule has 1 aromatic rings. The number of amides is 4. The molecule has 11 nitrogen and oxygen atoms in total. The fourth-order valence-electron chi connectivity index (χ4n) is 3.30. The van der Waals surface area contributed by atoms with Gasteiger partial charge in [-0.15, -0.1) is 0 Å². The monoisotopic (exact) mass is 492 g/mol. The lowest BCUT2D eigenvalue weighted by Crippen LogP contribution is -2.54.